The Morgan fingerprint density at radius 3 is 2.67 bits per heavy atom. The van der Waals surface area contributed by atoms with Gasteiger partial charge < -0.3 is 4.90 Å². The third-order valence-electron chi connectivity index (χ3n) is 3.30. The van der Waals surface area contributed by atoms with Gasteiger partial charge in [0.2, 0.25) is 0 Å². The van der Waals surface area contributed by atoms with E-state index in [9.17, 15) is 8.42 Å². The molecule has 0 N–H and O–H groups in total. The lowest BCUT2D eigenvalue weighted by atomic mass is 10.1. The zero-order valence-electron chi connectivity index (χ0n) is 10.1. The summed E-state index contributed by atoms with van der Waals surface area (Å²) in [6.07, 6.45) is 0.659. The molecule has 18 heavy (non-hydrogen) atoms. The summed E-state index contributed by atoms with van der Waals surface area (Å²) in [6.45, 7) is 0. The summed E-state index contributed by atoms with van der Waals surface area (Å²) in [7, 11) is -0.998. The largest absolute Gasteiger partial charge is 0.369 e. The Hall–Kier alpha value is -0.450. The Kier molecular flexibility index (Phi) is 4.09. The summed E-state index contributed by atoms with van der Waals surface area (Å²) in [5.74, 6) is 0.887. The van der Waals surface area contributed by atoms with Crippen LogP contribution in [0.4, 0.5) is 5.69 Å². The molecular weight excluding hydrogens is 293 g/mol. The van der Waals surface area contributed by atoms with E-state index in [1.807, 2.05) is 30.1 Å². The number of anilines is 1. The highest BCUT2D eigenvalue weighted by atomic mass is 35.5. The van der Waals surface area contributed by atoms with Crippen LogP contribution >= 0.6 is 23.2 Å². The van der Waals surface area contributed by atoms with E-state index in [1.54, 1.807) is 0 Å². The topological polar surface area (TPSA) is 37.4 Å². The molecule has 6 heteroatoms. The fourth-order valence-electron chi connectivity index (χ4n) is 2.20. The number of nitrogens with zero attached hydrogens (tertiary/aromatic N) is 1. The number of benzene rings is 1. The van der Waals surface area contributed by atoms with Gasteiger partial charge in [-0.2, -0.15) is 0 Å². The van der Waals surface area contributed by atoms with Crippen LogP contribution in [-0.4, -0.2) is 33.0 Å². The Morgan fingerprint density at radius 2 is 2.17 bits per heavy atom. The van der Waals surface area contributed by atoms with Crippen LogP contribution < -0.4 is 4.90 Å². The number of alkyl halides is 1. The van der Waals surface area contributed by atoms with E-state index >= 15 is 0 Å². The molecule has 0 spiro atoms. The number of hydrogen-bond acceptors (Lipinski definition) is 3. The molecule has 1 saturated heterocycles. The van der Waals surface area contributed by atoms with Crippen molar-refractivity contribution in [2.75, 3.05) is 23.5 Å². The quantitative estimate of drug-likeness (QED) is 0.806. The average molecular weight is 308 g/mol. The molecule has 0 aromatic heterocycles. The summed E-state index contributed by atoms with van der Waals surface area (Å²) in [5, 5.41) is 0.611. The molecule has 0 aliphatic carbocycles. The standard InChI is InChI=1S/C12H15Cl2NO2S/c1-15(10-4-5-18(16,17)8-10)12-3-2-9(7-13)6-11(12)14/h2-3,6,10H,4-5,7-8H2,1H3. The molecule has 1 aromatic rings. The Bertz CT molecular complexity index is 545. The van der Waals surface area contributed by atoms with E-state index in [0.29, 0.717) is 17.3 Å². The molecule has 1 atom stereocenters. The zero-order chi connectivity index (χ0) is 13.3. The molecule has 0 saturated carbocycles. The van der Waals surface area contributed by atoms with Gasteiger partial charge in [0, 0.05) is 19.0 Å². The number of halogens is 2. The molecule has 2 rings (SSSR count). The van der Waals surface area contributed by atoms with Crippen LogP contribution in [-0.2, 0) is 15.7 Å². The Labute approximate surface area is 118 Å². The van der Waals surface area contributed by atoms with E-state index < -0.39 is 9.84 Å². The normalized spacial score (nSPS) is 22.1. The van der Waals surface area contributed by atoms with Gasteiger partial charge in [0.15, 0.2) is 9.84 Å². The molecule has 1 heterocycles. The van der Waals surface area contributed by atoms with Gasteiger partial charge in [-0.15, -0.1) is 11.6 Å². The monoisotopic (exact) mass is 307 g/mol. The maximum atomic E-state index is 11.5. The molecule has 0 radical (unpaired) electrons. The number of sulfone groups is 1. The first-order valence-electron chi connectivity index (χ1n) is 5.70. The van der Waals surface area contributed by atoms with Crippen molar-refractivity contribution < 1.29 is 8.42 Å². The van der Waals surface area contributed by atoms with Crippen molar-refractivity contribution in [3.05, 3.63) is 28.8 Å². The first-order chi connectivity index (χ1) is 8.43. The molecule has 1 aromatic carbocycles. The first kappa shape index (κ1) is 14.0. The van der Waals surface area contributed by atoms with Crippen LogP contribution in [0, 0.1) is 0 Å². The highest BCUT2D eigenvalue weighted by Crippen LogP contribution is 2.30. The van der Waals surface area contributed by atoms with Crippen molar-refractivity contribution in [1.29, 1.82) is 0 Å². The van der Waals surface area contributed by atoms with Crippen molar-refractivity contribution in [3.8, 4) is 0 Å². The van der Waals surface area contributed by atoms with Crippen molar-refractivity contribution in [2.45, 2.75) is 18.3 Å². The lowest BCUT2D eigenvalue weighted by Gasteiger charge is -2.26. The van der Waals surface area contributed by atoms with E-state index in [0.717, 1.165) is 11.3 Å². The lowest BCUT2D eigenvalue weighted by molar-refractivity contribution is 0.601. The zero-order valence-corrected chi connectivity index (χ0v) is 12.4. The highest BCUT2D eigenvalue weighted by molar-refractivity contribution is 7.91. The van der Waals surface area contributed by atoms with Gasteiger partial charge in [-0.25, -0.2) is 8.42 Å². The molecule has 1 fully saturated rings. The van der Waals surface area contributed by atoms with E-state index in [2.05, 4.69) is 0 Å². The van der Waals surface area contributed by atoms with Crippen molar-refractivity contribution in [1.82, 2.24) is 0 Å². The van der Waals surface area contributed by atoms with Crippen LogP contribution in [0.15, 0.2) is 18.2 Å². The predicted molar refractivity (Wildman–Crippen MR) is 76.5 cm³/mol. The van der Waals surface area contributed by atoms with Crippen LogP contribution in [0.25, 0.3) is 0 Å². The number of rotatable bonds is 3. The van der Waals surface area contributed by atoms with Crippen LogP contribution in [0.1, 0.15) is 12.0 Å². The predicted octanol–water partition coefficient (Wildman–Crippen LogP) is 2.70. The van der Waals surface area contributed by atoms with Gasteiger partial charge in [-0.05, 0) is 24.1 Å². The summed E-state index contributed by atoms with van der Waals surface area (Å²) < 4.78 is 23.0. The molecule has 3 nitrogen and oxygen atoms in total. The van der Waals surface area contributed by atoms with Crippen LogP contribution in [0.2, 0.25) is 5.02 Å². The fourth-order valence-corrected chi connectivity index (χ4v) is 4.47. The minimum Gasteiger partial charge on any atom is -0.369 e. The third kappa shape index (κ3) is 2.92. The van der Waals surface area contributed by atoms with Gasteiger partial charge >= 0.3 is 0 Å². The van der Waals surface area contributed by atoms with Crippen LogP contribution in [0.5, 0.6) is 0 Å². The summed E-state index contributed by atoms with van der Waals surface area (Å²) in [6, 6.07) is 5.64. The second-order valence-corrected chi connectivity index (χ2v) is 7.49. The summed E-state index contributed by atoms with van der Waals surface area (Å²) in [5.41, 5.74) is 1.81. The minimum absolute atomic E-state index is 0.00866. The van der Waals surface area contributed by atoms with Gasteiger partial charge in [0.05, 0.1) is 22.2 Å². The van der Waals surface area contributed by atoms with Gasteiger partial charge in [0.25, 0.3) is 0 Å². The van der Waals surface area contributed by atoms with Crippen molar-refractivity contribution >= 4 is 38.7 Å². The first-order valence-corrected chi connectivity index (χ1v) is 8.44. The van der Waals surface area contributed by atoms with E-state index in [1.165, 1.54) is 0 Å². The average Bonchev–Trinajstić information content (AvgIpc) is 2.68. The highest BCUT2D eigenvalue weighted by Gasteiger charge is 2.31. The molecule has 100 valence electrons. The molecule has 0 amide bonds. The maximum Gasteiger partial charge on any atom is 0.152 e. The van der Waals surface area contributed by atoms with Gasteiger partial charge in [-0.1, -0.05) is 17.7 Å². The van der Waals surface area contributed by atoms with Crippen molar-refractivity contribution in [3.63, 3.8) is 0 Å². The third-order valence-corrected chi connectivity index (χ3v) is 5.66. The molecule has 1 aliphatic heterocycles. The minimum atomic E-state index is -2.88. The molecule has 1 unspecified atom stereocenters. The Morgan fingerprint density at radius 1 is 1.44 bits per heavy atom. The summed E-state index contributed by atoms with van der Waals surface area (Å²) >= 11 is 11.9. The van der Waals surface area contributed by atoms with Gasteiger partial charge in [-0.3, -0.25) is 0 Å². The second-order valence-electron chi connectivity index (χ2n) is 4.59. The number of hydrogen-bond donors (Lipinski definition) is 0. The Balaban J connectivity index is 2.21. The van der Waals surface area contributed by atoms with E-state index in [4.69, 9.17) is 23.2 Å². The second kappa shape index (κ2) is 5.27. The van der Waals surface area contributed by atoms with Crippen LogP contribution in [0.3, 0.4) is 0 Å². The smallest absolute Gasteiger partial charge is 0.152 e. The maximum absolute atomic E-state index is 11.5. The van der Waals surface area contributed by atoms with Crippen molar-refractivity contribution in [2.24, 2.45) is 0 Å². The lowest BCUT2D eigenvalue weighted by Crippen LogP contribution is -2.32. The molecular formula is C12H15Cl2NO2S. The fraction of sp³-hybridized carbons (Fsp3) is 0.500. The SMILES string of the molecule is CN(c1ccc(CCl)cc1Cl)C1CCS(=O)(=O)C1. The van der Waals surface area contributed by atoms with Gasteiger partial charge in [0.1, 0.15) is 0 Å². The molecule has 1 aliphatic rings. The molecule has 0 bridgehead atoms. The van der Waals surface area contributed by atoms with E-state index in [-0.39, 0.29) is 17.5 Å². The summed E-state index contributed by atoms with van der Waals surface area (Å²) in [4.78, 5) is 1.95.